The van der Waals surface area contributed by atoms with E-state index in [1.165, 1.54) is 0 Å². The van der Waals surface area contributed by atoms with Crippen molar-refractivity contribution in [3.8, 4) is 0 Å². The van der Waals surface area contributed by atoms with Crippen molar-refractivity contribution in [3.05, 3.63) is 4.91 Å². The molecule has 0 aromatic carbocycles. The van der Waals surface area contributed by atoms with Crippen LogP contribution in [-0.2, 0) is 4.79 Å². The van der Waals surface area contributed by atoms with Crippen LogP contribution < -0.4 is 21.2 Å². The van der Waals surface area contributed by atoms with Gasteiger partial charge in [-0.2, -0.15) is 0 Å². The van der Waals surface area contributed by atoms with Crippen LogP contribution in [0.15, 0.2) is 5.18 Å². The van der Waals surface area contributed by atoms with E-state index in [-0.39, 0.29) is 17.8 Å². The summed E-state index contributed by atoms with van der Waals surface area (Å²) in [5.74, 6) is -0.0471. The maximum absolute atomic E-state index is 11.7. The average molecular weight is 368 g/mol. The standard InChI is InChI=1S/C13H23INO3/c1-6-8(2)13(17,15-18)12(3,4)10-7-9(10)11(16)14-5/h8-10,17H,6-7H2,1-5H3/q-1. The average Bonchev–Trinajstić information content (AvgIpc) is 3.16. The molecule has 1 aliphatic rings. The Morgan fingerprint density at radius 3 is 2.50 bits per heavy atom. The first-order valence-electron chi connectivity index (χ1n) is 6.36. The summed E-state index contributed by atoms with van der Waals surface area (Å²) in [5.41, 5.74) is -2.21. The predicted molar refractivity (Wildman–Crippen MR) is 66.5 cm³/mol. The molecule has 5 heteroatoms. The number of hydrogen-bond acceptors (Lipinski definition) is 4. The zero-order valence-corrected chi connectivity index (χ0v) is 13.9. The molecule has 4 unspecified atom stereocenters. The van der Waals surface area contributed by atoms with Crippen molar-refractivity contribution in [1.82, 2.24) is 0 Å². The van der Waals surface area contributed by atoms with Gasteiger partial charge in [-0.25, -0.2) is 0 Å². The van der Waals surface area contributed by atoms with Crippen LogP contribution >= 0.6 is 0 Å². The summed E-state index contributed by atoms with van der Waals surface area (Å²) in [7, 11) is 0. The van der Waals surface area contributed by atoms with E-state index in [9.17, 15) is 14.8 Å². The second kappa shape index (κ2) is 5.53. The Labute approximate surface area is 119 Å². The first-order chi connectivity index (χ1) is 8.26. The quantitative estimate of drug-likeness (QED) is 0.282. The summed E-state index contributed by atoms with van der Waals surface area (Å²) >= 11 is -0.399. The number of nitrogens with zero attached hydrogens (tertiary/aromatic N) is 1. The topological polar surface area (TPSA) is 66.7 Å². The molecule has 1 aliphatic carbocycles. The van der Waals surface area contributed by atoms with Crippen molar-refractivity contribution in [3.63, 3.8) is 0 Å². The molecule has 0 amide bonds. The first-order valence-corrected chi connectivity index (χ1v) is 9.60. The van der Waals surface area contributed by atoms with Gasteiger partial charge in [-0.05, 0) is 0 Å². The number of carbonyl (C=O) groups is 1. The zero-order valence-electron chi connectivity index (χ0n) is 11.7. The number of halogens is 1. The molecular formula is C13H23INO3-. The zero-order chi connectivity index (χ0) is 14.1. The Morgan fingerprint density at radius 1 is 1.56 bits per heavy atom. The third kappa shape index (κ3) is 2.48. The molecule has 0 heterocycles. The van der Waals surface area contributed by atoms with Crippen molar-refractivity contribution in [2.75, 3.05) is 4.93 Å². The van der Waals surface area contributed by atoms with Gasteiger partial charge in [0.05, 0.1) is 0 Å². The number of nitroso groups, excluding NO2 is 1. The third-order valence-corrected chi connectivity index (χ3v) is 6.45. The molecular weight excluding hydrogens is 345 g/mol. The van der Waals surface area contributed by atoms with Gasteiger partial charge in [0.15, 0.2) is 0 Å². The summed E-state index contributed by atoms with van der Waals surface area (Å²) in [4.78, 5) is 24.9. The van der Waals surface area contributed by atoms with Gasteiger partial charge in [-0.1, -0.05) is 0 Å². The van der Waals surface area contributed by atoms with Crippen molar-refractivity contribution in [1.29, 1.82) is 0 Å². The van der Waals surface area contributed by atoms with Crippen molar-refractivity contribution in [2.24, 2.45) is 28.3 Å². The maximum atomic E-state index is 11.7. The second-order valence-electron chi connectivity index (χ2n) is 5.79. The number of carbonyl (C=O) groups excluding carboxylic acids is 1. The summed E-state index contributed by atoms with van der Waals surface area (Å²) in [5, 5.41) is 13.7. The van der Waals surface area contributed by atoms with Gasteiger partial charge in [0.25, 0.3) is 0 Å². The van der Waals surface area contributed by atoms with Crippen LogP contribution in [0.2, 0.25) is 0 Å². The summed E-state index contributed by atoms with van der Waals surface area (Å²) in [6.07, 6.45) is 1.49. The van der Waals surface area contributed by atoms with Gasteiger partial charge in [0, 0.05) is 0 Å². The molecule has 0 saturated heterocycles. The Kier molecular flexibility index (Phi) is 4.92. The molecule has 0 aromatic rings. The van der Waals surface area contributed by atoms with Crippen molar-refractivity contribution in [2.45, 2.75) is 46.3 Å². The molecule has 1 fully saturated rings. The fourth-order valence-electron chi connectivity index (χ4n) is 2.78. The van der Waals surface area contributed by atoms with E-state index in [1.54, 1.807) is 0 Å². The van der Waals surface area contributed by atoms with E-state index < -0.39 is 32.3 Å². The molecule has 106 valence electrons. The molecule has 1 rings (SSSR count). The molecule has 1 N–H and O–H groups in total. The van der Waals surface area contributed by atoms with Crippen LogP contribution in [0.25, 0.3) is 0 Å². The predicted octanol–water partition coefficient (Wildman–Crippen LogP) is -0.605. The van der Waals surface area contributed by atoms with E-state index in [2.05, 4.69) is 5.18 Å². The van der Waals surface area contributed by atoms with Crippen LogP contribution in [0.1, 0.15) is 40.5 Å². The van der Waals surface area contributed by atoms with Crippen molar-refractivity contribution >= 4 is 3.79 Å². The normalized spacial score (nSPS) is 28.6. The van der Waals surface area contributed by atoms with Gasteiger partial charge >= 0.3 is 119 Å². The molecule has 18 heavy (non-hydrogen) atoms. The Bertz CT molecular complexity index is 345. The van der Waals surface area contributed by atoms with Crippen LogP contribution in [-0.4, -0.2) is 19.6 Å². The fraction of sp³-hybridized carbons (Fsp3) is 0.923. The first kappa shape index (κ1) is 16.0. The number of alkyl halides is 1. The van der Waals surface area contributed by atoms with Gasteiger partial charge in [-0.3, -0.25) is 0 Å². The molecule has 0 aliphatic heterocycles. The third-order valence-electron chi connectivity index (χ3n) is 4.58. The van der Waals surface area contributed by atoms with E-state index >= 15 is 0 Å². The minimum atomic E-state index is -1.58. The summed E-state index contributed by atoms with van der Waals surface area (Å²) in [6.45, 7) is 7.51. The molecule has 0 aromatic heterocycles. The Balaban J connectivity index is 2.92. The van der Waals surface area contributed by atoms with Crippen LogP contribution in [0, 0.1) is 28.1 Å². The SMILES string of the molecule is CCC(C)C(O)(N=O)C(C)(C)C1CC1C(=O)[I-]C. The Morgan fingerprint density at radius 2 is 2.11 bits per heavy atom. The molecule has 0 bridgehead atoms. The van der Waals surface area contributed by atoms with Crippen LogP contribution in [0.3, 0.4) is 0 Å². The van der Waals surface area contributed by atoms with Gasteiger partial charge in [0.2, 0.25) is 0 Å². The molecule has 0 spiro atoms. The van der Waals surface area contributed by atoms with E-state index in [0.717, 1.165) is 6.42 Å². The molecule has 4 atom stereocenters. The summed E-state index contributed by atoms with van der Waals surface area (Å²) in [6, 6.07) is 0. The summed E-state index contributed by atoms with van der Waals surface area (Å²) < 4.78 is 0.337. The second-order valence-corrected chi connectivity index (χ2v) is 7.93. The number of aliphatic hydroxyl groups is 1. The Hall–Kier alpha value is -0.0400. The van der Waals surface area contributed by atoms with E-state index in [0.29, 0.717) is 10.2 Å². The monoisotopic (exact) mass is 368 g/mol. The van der Waals surface area contributed by atoms with Crippen LogP contribution in [0.5, 0.6) is 0 Å². The number of rotatable bonds is 7. The minimum absolute atomic E-state index is 0.0510. The molecule has 1 saturated carbocycles. The van der Waals surface area contributed by atoms with E-state index in [4.69, 9.17) is 0 Å². The van der Waals surface area contributed by atoms with Gasteiger partial charge in [0.1, 0.15) is 0 Å². The van der Waals surface area contributed by atoms with E-state index in [1.807, 2.05) is 32.6 Å². The van der Waals surface area contributed by atoms with Crippen molar-refractivity contribution < 1.29 is 31.1 Å². The van der Waals surface area contributed by atoms with Gasteiger partial charge in [-0.15, -0.1) is 0 Å². The van der Waals surface area contributed by atoms with Crippen LogP contribution in [0.4, 0.5) is 0 Å². The molecule has 0 radical (unpaired) electrons. The molecule has 4 nitrogen and oxygen atoms in total. The number of hydrogen-bond donors (Lipinski definition) is 1. The van der Waals surface area contributed by atoms with Gasteiger partial charge < -0.3 is 0 Å². The fourth-order valence-corrected chi connectivity index (χ4v) is 4.27.